The van der Waals surface area contributed by atoms with Gasteiger partial charge >= 0.3 is 0 Å². The molecule has 5 rings (SSSR count). The van der Waals surface area contributed by atoms with E-state index in [1.807, 2.05) is 13.0 Å². The fourth-order valence-electron chi connectivity index (χ4n) is 5.16. The van der Waals surface area contributed by atoms with E-state index in [9.17, 15) is 18.8 Å². The maximum atomic E-state index is 14.6. The molecule has 3 heterocycles. The molecule has 3 aromatic rings. The van der Waals surface area contributed by atoms with E-state index in [1.54, 1.807) is 30.0 Å². The van der Waals surface area contributed by atoms with E-state index < -0.39 is 23.9 Å². The number of halogens is 1. The number of aryl methyl sites for hydroxylation is 3. The number of methoxy groups -OCH3 is 1. The van der Waals surface area contributed by atoms with Gasteiger partial charge in [-0.2, -0.15) is 0 Å². The third kappa shape index (κ3) is 6.99. The molecule has 222 valence electrons. The molecule has 1 saturated heterocycles. The highest BCUT2D eigenvalue weighted by atomic mass is 32.1. The van der Waals surface area contributed by atoms with Gasteiger partial charge in [-0.25, -0.2) is 9.37 Å². The lowest BCUT2D eigenvalue weighted by Gasteiger charge is -2.38. The van der Waals surface area contributed by atoms with Gasteiger partial charge in [0, 0.05) is 38.5 Å². The molecule has 3 amide bonds. The summed E-state index contributed by atoms with van der Waals surface area (Å²) in [5.41, 5.74) is 2.04. The summed E-state index contributed by atoms with van der Waals surface area (Å²) >= 11 is 1.34. The van der Waals surface area contributed by atoms with Crippen molar-refractivity contribution in [1.29, 1.82) is 0 Å². The average Bonchev–Trinajstić information content (AvgIpc) is 3.31. The zero-order valence-corrected chi connectivity index (χ0v) is 24.5. The number of nitrogens with zero attached hydrogens (tertiary/aromatic N) is 2. The largest absolute Gasteiger partial charge is 0.493 e. The van der Waals surface area contributed by atoms with Crippen LogP contribution >= 0.6 is 11.3 Å². The predicted octanol–water partition coefficient (Wildman–Crippen LogP) is 3.33. The molecule has 2 atom stereocenters. The van der Waals surface area contributed by atoms with E-state index in [0.29, 0.717) is 47.0 Å². The zero-order chi connectivity index (χ0) is 29.8. The van der Waals surface area contributed by atoms with Crippen LogP contribution in [0.25, 0.3) is 0 Å². The van der Waals surface area contributed by atoms with Gasteiger partial charge in [-0.1, -0.05) is 6.07 Å². The number of nitrogens with one attached hydrogen (secondary N) is 2. The van der Waals surface area contributed by atoms with Crippen molar-refractivity contribution in [2.45, 2.75) is 51.8 Å². The Labute approximate surface area is 247 Å². The monoisotopic (exact) mass is 596 g/mol. The SMILES string of the molecule is COc1ccc2cc1OCC(=O)N[C@@H]1CN(C(=O)c3sc(C)nc3C)CC[C@H]1Oc1cc(F)cc(c1)CNC(=O)CC2. The maximum absolute atomic E-state index is 14.6. The first-order chi connectivity index (χ1) is 20.2. The number of hydrogen-bond donors (Lipinski definition) is 2. The number of rotatable bonds is 2. The van der Waals surface area contributed by atoms with E-state index >= 15 is 0 Å². The Kier molecular flexibility index (Phi) is 8.91. The van der Waals surface area contributed by atoms with Crippen LogP contribution in [-0.2, 0) is 22.6 Å². The number of carbonyl (C=O) groups excluding carboxylic acids is 3. The van der Waals surface area contributed by atoms with Gasteiger partial charge in [-0.05, 0) is 55.7 Å². The Hall–Kier alpha value is -4.19. The highest BCUT2D eigenvalue weighted by Crippen LogP contribution is 2.29. The van der Waals surface area contributed by atoms with Gasteiger partial charge in [0.1, 0.15) is 22.5 Å². The van der Waals surface area contributed by atoms with Gasteiger partial charge in [0.2, 0.25) is 5.91 Å². The third-order valence-electron chi connectivity index (χ3n) is 7.22. The average molecular weight is 597 g/mol. The molecule has 2 aliphatic rings. The van der Waals surface area contributed by atoms with Crippen molar-refractivity contribution < 1.29 is 33.0 Å². The summed E-state index contributed by atoms with van der Waals surface area (Å²) in [6.07, 6.45) is 0.489. The number of piperidine rings is 1. The van der Waals surface area contributed by atoms with Crippen LogP contribution < -0.4 is 24.8 Å². The maximum Gasteiger partial charge on any atom is 0.265 e. The second-order valence-corrected chi connectivity index (χ2v) is 11.6. The molecule has 1 aromatic heterocycles. The summed E-state index contributed by atoms with van der Waals surface area (Å²) < 4.78 is 32.0. The standard InChI is InChI=1S/C30H33FN4O6S/c1-17-29(42-18(2)33-17)30(38)35-9-8-24-23(15-35)34-28(37)16-40-26-12-19(4-6-25(26)39-3)5-7-27(36)32-14-20-10-21(31)13-22(11-20)41-24/h4,6,10-13,23-24H,5,7-9,14-16H2,1-3H3,(H,32,36)(H,34,37)/t23-,24-/m1/s1. The van der Waals surface area contributed by atoms with Gasteiger partial charge in [-0.3, -0.25) is 14.4 Å². The van der Waals surface area contributed by atoms with Crippen LogP contribution in [0.1, 0.15) is 44.3 Å². The lowest BCUT2D eigenvalue weighted by molar-refractivity contribution is -0.125. The van der Waals surface area contributed by atoms with Gasteiger partial charge in [-0.15, -0.1) is 11.3 Å². The Morgan fingerprint density at radius 3 is 2.71 bits per heavy atom. The topological polar surface area (TPSA) is 119 Å². The van der Waals surface area contributed by atoms with Crippen LogP contribution in [0, 0.1) is 19.7 Å². The van der Waals surface area contributed by atoms with Crippen molar-refractivity contribution >= 4 is 29.1 Å². The number of benzene rings is 2. The normalized spacial score (nSPS) is 19.7. The summed E-state index contributed by atoms with van der Waals surface area (Å²) in [5.74, 6) is -0.168. The highest BCUT2D eigenvalue weighted by Gasteiger charge is 2.35. The second kappa shape index (κ2) is 12.8. The van der Waals surface area contributed by atoms with Crippen LogP contribution in [-0.4, -0.2) is 66.6 Å². The molecule has 0 spiro atoms. The van der Waals surface area contributed by atoms with Crippen LogP contribution in [0.2, 0.25) is 0 Å². The van der Waals surface area contributed by atoms with Crippen molar-refractivity contribution in [3.8, 4) is 17.2 Å². The molecule has 2 N–H and O–H groups in total. The number of amides is 3. The number of likely N-dealkylation sites (tertiary alicyclic amines) is 1. The van der Waals surface area contributed by atoms with E-state index in [4.69, 9.17) is 14.2 Å². The molecule has 1 fully saturated rings. The van der Waals surface area contributed by atoms with E-state index in [-0.39, 0.29) is 43.7 Å². The first kappa shape index (κ1) is 29.3. The smallest absolute Gasteiger partial charge is 0.265 e. The minimum atomic E-state index is -0.605. The van der Waals surface area contributed by atoms with E-state index in [0.717, 1.165) is 10.6 Å². The predicted molar refractivity (Wildman–Crippen MR) is 154 cm³/mol. The fraction of sp³-hybridized carbons (Fsp3) is 0.400. The second-order valence-electron chi connectivity index (χ2n) is 10.4. The first-order valence-corrected chi connectivity index (χ1v) is 14.6. The van der Waals surface area contributed by atoms with E-state index in [1.165, 1.54) is 30.6 Å². The lowest BCUT2D eigenvalue weighted by atomic mass is 10.0. The van der Waals surface area contributed by atoms with Crippen molar-refractivity contribution in [3.63, 3.8) is 0 Å². The van der Waals surface area contributed by atoms with Crippen LogP contribution in [0.15, 0.2) is 36.4 Å². The summed E-state index contributed by atoms with van der Waals surface area (Å²) in [5, 5.41) is 6.60. The Morgan fingerprint density at radius 2 is 1.95 bits per heavy atom. The number of ether oxygens (including phenoxy) is 3. The van der Waals surface area contributed by atoms with E-state index in [2.05, 4.69) is 15.6 Å². The van der Waals surface area contributed by atoms with Gasteiger partial charge in [0.25, 0.3) is 11.8 Å². The Morgan fingerprint density at radius 1 is 1.12 bits per heavy atom. The molecule has 2 aromatic carbocycles. The molecular weight excluding hydrogens is 563 g/mol. The highest BCUT2D eigenvalue weighted by molar-refractivity contribution is 7.13. The fourth-order valence-corrected chi connectivity index (χ4v) is 6.05. The number of aromatic nitrogens is 1. The number of carbonyl (C=O) groups is 3. The molecule has 0 saturated carbocycles. The molecule has 2 aliphatic heterocycles. The van der Waals surface area contributed by atoms with Crippen LogP contribution in [0.4, 0.5) is 4.39 Å². The van der Waals surface area contributed by atoms with Gasteiger partial charge in [0.05, 0.1) is 23.9 Å². The summed E-state index contributed by atoms with van der Waals surface area (Å²) in [7, 11) is 1.51. The molecule has 0 unspecified atom stereocenters. The summed E-state index contributed by atoms with van der Waals surface area (Å²) in [6.45, 7) is 4.03. The Bertz CT molecular complexity index is 1490. The van der Waals surface area contributed by atoms with Crippen molar-refractivity contribution in [2.24, 2.45) is 0 Å². The van der Waals surface area contributed by atoms with Crippen molar-refractivity contribution in [2.75, 3.05) is 26.8 Å². The summed E-state index contributed by atoms with van der Waals surface area (Å²) in [6, 6.07) is 8.98. The number of thiazole rings is 1. The van der Waals surface area contributed by atoms with Crippen molar-refractivity contribution in [1.82, 2.24) is 20.5 Å². The minimum Gasteiger partial charge on any atom is -0.493 e. The molecule has 0 radical (unpaired) electrons. The Balaban J connectivity index is 1.42. The molecule has 4 bridgehead atoms. The lowest BCUT2D eigenvalue weighted by Crippen LogP contribution is -2.58. The number of fused-ring (bicyclic) bond motifs is 5. The van der Waals surface area contributed by atoms with Crippen LogP contribution in [0.5, 0.6) is 17.2 Å². The molecule has 42 heavy (non-hydrogen) atoms. The van der Waals surface area contributed by atoms with Crippen molar-refractivity contribution in [3.05, 3.63) is 68.9 Å². The molecule has 12 heteroatoms. The van der Waals surface area contributed by atoms with Crippen LogP contribution in [0.3, 0.4) is 0 Å². The zero-order valence-electron chi connectivity index (χ0n) is 23.7. The number of hydrogen-bond acceptors (Lipinski definition) is 8. The van der Waals surface area contributed by atoms with Gasteiger partial charge in [0.15, 0.2) is 18.1 Å². The summed E-state index contributed by atoms with van der Waals surface area (Å²) in [4.78, 5) is 45.7. The molecular formula is C30H33FN4O6S. The van der Waals surface area contributed by atoms with Gasteiger partial charge < -0.3 is 29.7 Å². The third-order valence-corrected chi connectivity index (χ3v) is 8.28. The quantitative estimate of drug-likeness (QED) is 0.466. The molecule has 0 aliphatic carbocycles. The minimum absolute atomic E-state index is 0.130. The molecule has 10 nitrogen and oxygen atoms in total. The first-order valence-electron chi connectivity index (χ1n) is 13.7.